The van der Waals surface area contributed by atoms with Crippen molar-refractivity contribution < 1.29 is 23.9 Å². The number of aliphatic hydroxyl groups excluding tert-OH is 1. The van der Waals surface area contributed by atoms with Gasteiger partial charge in [0, 0.05) is 29.2 Å². The van der Waals surface area contributed by atoms with Gasteiger partial charge in [-0.3, -0.25) is 9.59 Å². The van der Waals surface area contributed by atoms with Crippen molar-refractivity contribution in [2.45, 2.75) is 26.5 Å². The van der Waals surface area contributed by atoms with Crippen LogP contribution in [-0.4, -0.2) is 44.4 Å². The number of nitrogens with zero attached hydrogens (tertiary/aromatic N) is 3. The summed E-state index contributed by atoms with van der Waals surface area (Å²) in [4.78, 5) is 29.0. The van der Waals surface area contributed by atoms with Crippen LogP contribution in [0.4, 0.5) is 10.1 Å². The molecular weight excluding hydrogens is 467 g/mol. The Bertz CT molecular complexity index is 1550. The number of nitrogens with one attached hydrogen (secondary N) is 3. The van der Waals surface area contributed by atoms with Crippen molar-refractivity contribution in [3.8, 4) is 0 Å². The highest BCUT2D eigenvalue weighted by atomic mass is 19.1. The lowest BCUT2D eigenvalue weighted by Gasteiger charge is -2.10. The highest BCUT2D eigenvalue weighted by Crippen LogP contribution is 2.34. The van der Waals surface area contributed by atoms with Crippen molar-refractivity contribution in [3.63, 3.8) is 0 Å². The van der Waals surface area contributed by atoms with Crippen molar-refractivity contribution >= 4 is 40.2 Å². The smallest absolute Gasteiger partial charge is 0.256 e. The summed E-state index contributed by atoms with van der Waals surface area (Å²) in [5, 5.41) is 31.7. The van der Waals surface area contributed by atoms with Gasteiger partial charge in [0.25, 0.3) is 11.8 Å². The van der Waals surface area contributed by atoms with Crippen LogP contribution in [0.15, 0.2) is 42.5 Å². The van der Waals surface area contributed by atoms with Crippen molar-refractivity contribution in [3.05, 3.63) is 81.6 Å². The molecule has 3 heterocycles. The molecule has 0 radical (unpaired) electrons. The Hall–Kier alpha value is -4.51. The summed E-state index contributed by atoms with van der Waals surface area (Å²) in [6.45, 7) is 3.42. The number of aromatic nitrogens is 4. The predicted octanol–water partition coefficient (Wildman–Crippen LogP) is 2.04. The topological polar surface area (TPSA) is 139 Å². The first kappa shape index (κ1) is 23.2. The number of aryl methyl sites for hydroxylation is 1. The van der Waals surface area contributed by atoms with Gasteiger partial charge in [0.05, 0.1) is 16.3 Å². The zero-order valence-corrected chi connectivity index (χ0v) is 19.5. The van der Waals surface area contributed by atoms with Crippen molar-refractivity contribution in [1.29, 1.82) is 0 Å². The van der Waals surface area contributed by atoms with Crippen LogP contribution in [0.5, 0.6) is 0 Å². The molecule has 10 nitrogen and oxygen atoms in total. The Kier molecular flexibility index (Phi) is 5.77. The van der Waals surface area contributed by atoms with E-state index in [1.54, 1.807) is 44.2 Å². The van der Waals surface area contributed by atoms with Gasteiger partial charge in [-0.05, 0) is 55.8 Å². The average Bonchev–Trinajstić information content (AvgIpc) is 3.43. The van der Waals surface area contributed by atoms with E-state index in [-0.39, 0.29) is 19.0 Å². The molecule has 11 heteroatoms. The summed E-state index contributed by atoms with van der Waals surface area (Å²) in [5.41, 5.74) is 4.33. The first-order chi connectivity index (χ1) is 17.2. The van der Waals surface area contributed by atoms with Crippen molar-refractivity contribution in [2.24, 2.45) is 0 Å². The molecule has 4 N–H and O–H groups in total. The molecule has 0 fully saturated rings. The van der Waals surface area contributed by atoms with Gasteiger partial charge in [-0.1, -0.05) is 12.1 Å². The molecule has 1 unspecified atom stereocenters. The van der Waals surface area contributed by atoms with Crippen LogP contribution in [0.2, 0.25) is 0 Å². The van der Waals surface area contributed by atoms with Crippen LogP contribution < -0.4 is 15.5 Å². The molecule has 0 saturated heterocycles. The SMILES string of the molecule is Cc1[nH]c(C=C2C(=O)Nc3ccc(F)cc32)c(C)c1C(=O)NCC(O)Cn1n[n+]([O-])c2ccccc21. The first-order valence-corrected chi connectivity index (χ1v) is 11.3. The molecule has 1 aliphatic heterocycles. The van der Waals surface area contributed by atoms with E-state index in [1.165, 1.54) is 22.9 Å². The highest BCUT2D eigenvalue weighted by Gasteiger charge is 2.26. The lowest BCUT2D eigenvalue weighted by molar-refractivity contribution is -0.646. The molecule has 0 saturated carbocycles. The van der Waals surface area contributed by atoms with E-state index in [4.69, 9.17) is 0 Å². The van der Waals surface area contributed by atoms with Crippen LogP contribution in [0, 0.1) is 24.9 Å². The average molecular weight is 490 g/mol. The van der Waals surface area contributed by atoms with Gasteiger partial charge in [-0.15, -0.1) is 9.53 Å². The normalized spacial score (nSPS) is 14.8. The molecule has 0 bridgehead atoms. The van der Waals surface area contributed by atoms with E-state index in [0.29, 0.717) is 55.2 Å². The van der Waals surface area contributed by atoms with Gasteiger partial charge in [0.1, 0.15) is 18.5 Å². The number of halogens is 1. The minimum Gasteiger partial charge on any atom is -0.691 e. The van der Waals surface area contributed by atoms with Crippen LogP contribution in [0.1, 0.15) is 32.9 Å². The van der Waals surface area contributed by atoms with Gasteiger partial charge in [0.15, 0.2) is 5.52 Å². The second-order valence-electron chi connectivity index (χ2n) is 8.66. The molecule has 4 aromatic rings. The van der Waals surface area contributed by atoms with E-state index >= 15 is 0 Å². The largest absolute Gasteiger partial charge is 0.691 e. The van der Waals surface area contributed by atoms with E-state index in [1.807, 2.05) is 0 Å². The molecule has 184 valence electrons. The summed E-state index contributed by atoms with van der Waals surface area (Å²) in [5.74, 6) is -1.22. The fourth-order valence-electron chi connectivity index (χ4n) is 4.44. The van der Waals surface area contributed by atoms with Gasteiger partial charge in [0.2, 0.25) is 5.52 Å². The third-order valence-corrected chi connectivity index (χ3v) is 6.19. The number of carbonyl (C=O) groups is 2. The third kappa shape index (κ3) is 4.09. The summed E-state index contributed by atoms with van der Waals surface area (Å²) in [6.07, 6.45) is 0.599. The Morgan fingerprint density at radius 1 is 1.31 bits per heavy atom. The molecule has 1 atom stereocenters. The second-order valence-corrected chi connectivity index (χ2v) is 8.66. The second kappa shape index (κ2) is 8.93. The van der Waals surface area contributed by atoms with Gasteiger partial charge >= 0.3 is 0 Å². The summed E-state index contributed by atoms with van der Waals surface area (Å²) < 4.78 is 15.1. The maximum absolute atomic E-state index is 13.8. The van der Waals surface area contributed by atoms with Crippen LogP contribution in [0.3, 0.4) is 0 Å². The number of rotatable bonds is 6. The third-order valence-electron chi connectivity index (χ3n) is 6.19. The number of aromatic amines is 1. The van der Waals surface area contributed by atoms with Crippen molar-refractivity contribution in [1.82, 2.24) is 20.2 Å². The van der Waals surface area contributed by atoms with Crippen LogP contribution >= 0.6 is 0 Å². The maximum Gasteiger partial charge on any atom is 0.256 e. The summed E-state index contributed by atoms with van der Waals surface area (Å²) in [6, 6.07) is 10.9. The lowest BCUT2D eigenvalue weighted by Crippen LogP contribution is -2.36. The number of fused-ring (bicyclic) bond motifs is 2. The fraction of sp³-hybridized carbons (Fsp3) is 0.200. The van der Waals surface area contributed by atoms with Gasteiger partial charge in [-0.2, -0.15) is 0 Å². The molecule has 5 rings (SSSR count). The monoisotopic (exact) mass is 490 g/mol. The number of aliphatic hydroxyl groups is 1. The molecule has 0 spiro atoms. The van der Waals surface area contributed by atoms with E-state index < -0.39 is 17.8 Å². The Labute approximate surface area is 204 Å². The molecular formula is C25H23FN6O4. The molecule has 0 aliphatic carbocycles. The number of hydrogen-bond acceptors (Lipinski definition) is 5. The number of benzene rings is 2. The zero-order valence-electron chi connectivity index (χ0n) is 19.5. The number of H-pyrrole nitrogens is 1. The minimum atomic E-state index is -0.994. The highest BCUT2D eigenvalue weighted by molar-refractivity contribution is 6.34. The summed E-state index contributed by atoms with van der Waals surface area (Å²) >= 11 is 0. The number of carbonyl (C=O) groups excluding carboxylic acids is 2. The fourth-order valence-corrected chi connectivity index (χ4v) is 4.44. The van der Waals surface area contributed by atoms with Gasteiger partial charge < -0.3 is 25.9 Å². The van der Waals surface area contributed by atoms with Gasteiger partial charge in [-0.25, -0.2) is 4.39 Å². The minimum absolute atomic E-state index is 0.0174. The number of anilines is 1. The Morgan fingerprint density at radius 3 is 2.89 bits per heavy atom. The number of para-hydroxylation sites is 2. The summed E-state index contributed by atoms with van der Waals surface area (Å²) in [7, 11) is 0. The zero-order chi connectivity index (χ0) is 25.6. The van der Waals surface area contributed by atoms with E-state index in [9.17, 15) is 24.3 Å². The Morgan fingerprint density at radius 2 is 2.08 bits per heavy atom. The van der Waals surface area contributed by atoms with Crippen molar-refractivity contribution in [2.75, 3.05) is 11.9 Å². The molecule has 2 amide bonds. The quantitative estimate of drug-likeness (QED) is 0.186. The lowest BCUT2D eigenvalue weighted by atomic mass is 10.0. The maximum atomic E-state index is 13.8. The Balaban J connectivity index is 1.31. The predicted molar refractivity (Wildman–Crippen MR) is 130 cm³/mol. The van der Waals surface area contributed by atoms with Crippen LogP contribution in [0.25, 0.3) is 22.7 Å². The standard InChI is InChI=1S/C25H23FN6O4/c1-13-20(10-18-17-9-15(26)7-8-19(17)29-24(18)34)28-14(2)23(13)25(35)27-11-16(33)12-31-21-5-3-4-6-22(21)32(36)30-31/h3-10,16,28,33H,11-12H2,1-2H3,(H,27,35)(H,29,34). The molecule has 1 aliphatic rings. The van der Waals surface area contributed by atoms with Crippen LogP contribution in [-0.2, 0) is 11.3 Å². The molecule has 2 aromatic heterocycles. The number of amides is 2. The molecule has 2 aromatic carbocycles. The number of hydrogen-bond donors (Lipinski definition) is 4. The molecule has 36 heavy (non-hydrogen) atoms. The first-order valence-electron chi connectivity index (χ1n) is 11.3. The van der Waals surface area contributed by atoms with E-state index in [0.717, 1.165) is 0 Å². The van der Waals surface area contributed by atoms with E-state index in [2.05, 4.69) is 20.8 Å².